The van der Waals surface area contributed by atoms with Gasteiger partial charge in [-0.15, -0.1) is 0 Å². The monoisotopic (exact) mass is 276 g/mol. The van der Waals surface area contributed by atoms with Gasteiger partial charge < -0.3 is 0 Å². The second-order valence-electron chi connectivity index (χ2n) is 5.05. The second-order valence-corrected chi connectivity index (χ2v) is 5.46. The van der Waals surface area contributed by atoms with Crippen LogP contribution in [0.2, 0.25) is 5.02 Å². The third kappa shape index (κ3) is 2.96. The zero-order valence-corrected chi connectivity index (χ0v) is 11.5. The van der Waals surface area contributed by atoms with Gasteiger partial charge in [-0.1, -0.05) is 11.6 Å². The van der Waals surface area contributed by atoms with Crippen LogP contribution in [0, 0.1) is 0 Å². The minimum absolute atomic E-state index is 0.553. The quantitative estimate of drug-likeness (QED) is 0.938. The molecule has 0 radical (unpaired) electrons. The van der Waals surface area contributed by atoms with Gasteiger partial charge in [-0.3, -0.25) is 15.0 Å². The molecule has 3 rings (SSSR count). The van der Waals surface area contributed by atoms with Crippen LogP contribution < -0.4 is 0 Å². The van der Waals surface area contributed by atoms with Crippen molar-refractivity contribution < 1.29 is 0 Å². The number of H-pyrrole nitrogens is 1. The Morgan fingerprint density at radius 1 is 1.37 bits per heavy atom. The Morgan fingerprint density at radius 3 is 3.11 bits per heavy atom. The summed E-state index contributed by atoms with van der Waals surface area (Å²) in [5.74, 6) is 0.553. The first-order valence-electron chi connectivity index (χ1n) is 6.63. The fourth-order valence-electron chi connectivity index (χ4n) is 2.72. The molecular formula is C14H17ClN4. The summed E-state index contributed by atoms with van der Waals surface area (Å²) in [6.07, 6.45) is 7.79. The number of aromatic nitrogens is 3. The molecule has 3 heterocycles. The number of rotatable bonds is 3. The summed E-state index contributed by atoms with van der Waals surface area (Å²) in [7, 11) is 0. The van der Waals surface area contributed by atoms with Gasteiger partial charge >= 0.3 is 0 Å². The van der Waals surface area contributed by atoms with Crippen molar-refractivity contribution in [3.05, 3.63) is 47.0 Å². The molecule has 1 aliphatic heterocycles. The van der Waals surface area contributed by atoms with E-state index in [1.165, 1.54) is 18.5 Å². The number of pyridine rings is 1. The maximum Gasteiger partial charge on any atom is 0.0634 e. The van der Waals surface area contributed by atoms with E-state index in [9.17, 15) is 0 Å². The molecule has 1 atom stereocenters. The zero-order chi connectivity index (χ0) is 13.1. The fraction of sp³-hybridized carbons (Fsp3) is 0.429. The van der Waals surface area contributed by atoms with E-state index >= 15 is 0 Å². The van der Waals surface area contributed by atoms with E-state index in [-0.39, 0.29) is 0 Å². The number of halogens is 1. The van der Waals surface area contributed by atoms with E-state index in [0.717, 1.165) is 30.2 Å². The highest BCUT2D eigenvalue weighted by atomic mass is 35.5. The molecule has 19 heavy (non-hydrogen) atoms. The van der Waals surface area contributed by atoms with Crippen molar-refractivity contribution in [1.29, 1.82) is 0 Å². The summed E-state index contributed by atoms with van der Waals surface area (Å²) in [6.45, 7) is 3.08. The zero-order valence-electron chi connectivity index (χ0n) is 10.7. The van der Waals surface area contributed by atoms with Gasteiger partial charge in [0.15, 0.2) is 0 Å². The Morgan fingerprint density at radius 2 is 2.32 bits per heavy atom. The minimum atomic E-state index is 0.553. The van der Waals surface area contributed by atoms with Crippen molar-refractivity contribution >= 4 is 11.6 Å². The van der Waals surface area contributed by atoms with Crippen LogP contribution in [0.25, 0.3) is 0 Å². The third-order valence-corrected chi connectivity index (χ3v) is 4.06. The molecule has 0 amide bonds. The van der Waals surface area contributed by atoms with Gasteiger partial charge in [0.2, 0.25) is 0 Å². The lowest BCUT2D eigenvalue weighted by atomic mass is 9.94. The molecule has 2 aromatic heterocycles. The highest BCUT2D eigenvalue weighted by molar-refractivity contribution is 6.31. The molecule has 0 aromatic carbocycles. The van der Waals surface area contributed by atoms with Crippen LogP contribution in [0.5, 0.6) is 0 Å². The number of piperidine rings is 1. The largest absolute Gasteiger partial charge is 0.298 e. The van der Waals surface area contributed by atoms with Crippen LogP contribution in [0.3, 0.4) is 0 Å². The van der Waals surface area contributed by atoms with Gasteiger partial charge in [0, 0.05) is 43.3 Å². The molecule has 1 fully saturated rings. The van der Waals surface area contributed by atoms with E-state index < -0.39 is 0 Å². The number of nitrogens with one attached hydrogen (secondary N) is 1. The van der Waals surface area contributed by atoms with E-state index in [4.69, 9.17) is 11.6 Å². The maximum absolute atomic E-state index is 6.17. The number of nitrogens with zero attached hydrogens (tertiary/aromatic N) is 3. The van der Waals surface area contributed by atoms with Gasteiger partial charge in [0.1, 0.15) is 0 Å². The van der Waals surface area contributed by atoms with Crippen LogP contribution in [-0.4, -0.2) is 33.2 Å². The molecule has 4 nitrogen and oxygen atoms in total. The maximum atomic E-state index is 6.17. The summed E-state index contributed by atoms with van der Waals surface area (Å²) < 4.78 is 0. The van der Waals surface area contributed by atoms with Crippen molar-refractivity contribution in [3.8, 4) is 0 Å². The third-order valence-electron chi connectivity index (χ3n) is 3.72. The van der Waals surface area contributed by atoms with Gasteiger partial charge in [-0.05, 0) is 37.1 Å². The van der Waals surface area contributed by atoms with Gasteiger partial charge in [-0.25, -0.2) is 0 Å². The first-order valence-corrected chi connectivity index (χ1v) is 7.01. The molecule has 2 aromatic rings. The molecule has 100 valence electrons. The standard InChI is InChI=1S/C14H17ClN4/c15-13-8-16-5-3-11(13)9-19-7-1-2-12(10-19)14-4-6-17-18-14/h3-6,8,12H,1-2,7,9-10H2,(H,17,18). The lowest BCUT2D eigenvalue weighted by Gasteiger charge is -2.32. The molecule has 5 heteroatoms. The second kappa shape index (κ2) is 5.72. The summed E-state index contributed by atoms with van der Waals surface area (Å²) >= 11 is 6.17. The number of aromatic amines is 1. The Bertz CT molecular complexity index is 526. The van der Waals surface area contributed by atoms with Crippen molar-refractivity contribution in [2.24, 2.45) is 0 Å². The Hall–Kier alpha value is -1.39. The first-order chi connectivity index (χ1) is 9.33. The van der Waals surface area contributed by atoms with E-state index in [2.05, 4.69) is 26.1 Å². The number of hydrogen-bond acceptors (Lipinski definition) is 3. The summed E-state index contributed by atoms with van der Waals surface area (Å²) in [5, 5.41) is 7.89. The highest BCUT2D eigenvalue weighted by Gasteiger charge is 2.22. The van der Waals surface area contributed by atoms with Crippen LogP contribution in [0.1, 0.15) is 30.0 Å². The van der Waals surface area contributed by atoms with Crippen LogP contribution in [-0.2, 0) is 6.54 Å². The normalized spacial score (nSPS) is 20.6. The lowest BCUT2D eigenvalue weighted by Crippen LogP contribution is -2.34. The van der Waals surface area contributed by atoms with Crippen molar-refractivity contribution in [2.45, 2.75) is 25.3 Å². The number of likely N-dealkylation sites (tertiary alicyclic amines) is 1. The lowest BCUT2D eigenvalue weighted by molar-refractivity contribution is 0.198. The van der Waals surface area contributed by atoms with E-state index in [1.807, 2.05) is 12.3 Å². The molecule has 1 aliphatic rings. The van der Waals surface area contributed by atoms with Gasteiger partial charge in [-0.2, -0.15) is 5.10 Å². The number of hydrogen-bond donors (Lipinski definition) is 1. The molecule has 0 saturated carbocycles. The molecule has 1 N–H and O–H groups in total. The van der Waals surface area contributed by atoms with E-state index in [0.29, 0.717) is 5.92 Å². The Balaban J connectivity index is 1.67. The minimum Gasteiger partial charge on any atom is -0.298 e. The topological polar surface area (TPSA) is 44.8 Å². The molecular weight excluding hydrogens is 260 g/mol. The molecule has 0 bridgehead atoms. The average molecular weight is 277 g/mol. The predicted octanol–water partition coefficient (Wildman–Crippen LogP) is 2.84. The highest BCUT2D eigenvalue weighted by Crippen LogP contribution is 2.27. The average Bonchev–Trinajstić information content (AvgIpc) is 2.96. The smallest absolute Gasteiger partial charge is 0.0634 e. The first kappa shape index (κ1) is 12.6. The van der Waals surface area contributed by atoms with Crippen LogP contribution in [0.15, 0.2) is 30.7 Å². The van der Waals surface area contributed by atoms with Crippen molar-refractivity contribution in [1.82, 2.24) is 20.1 Å². The molecule has 1 unspecified atom stereocenters. The fourth-order valence-corrected chi connectivity index (χ4v) is 2.90. The Labute approximate surface area is 117 Å². The van der Waals surface area contributed by atoms with Gasteiger partial charge in [0.05, 0.1) is 5.02 Å². The van der Waals surface area contributed by atoms with Crippen molar-refractivity contribution in [2.75, 3.05) is 13.1 Å². The summed E-state index contributed by atoms with van der Waals surface area (Å²) in [6, 6.07) is 4.08. The molecule has 1 saturated heterocycles. The SMILES string of the molecule is Clc1cnccc1CN1CCCC(c2ccn[nH]2)C1. The molecule has 0 spiro atoms. The van der Waals surface area contributed by atoms with Gasteiger partial charge in [0.25, 0.3) is 0 Å². The summed E-state index contributed by atoms with van der Waals surface area (Å²) in [4.78, 5) is 6.48. The van der Waals surface area contributed by atoms with Crippen LogP contribution in [0.4, 0.5) is 0 Å². The Kier molecular flexibility index (Phi) is 3.80. The summed E-state index contributed by atoms with van der Waals surface area (Å²) in [5.41, 5.74) is 2.40. The van der Waals surface area contributed by atoms with E-state index in [1.54, 1.807) is 12.4 Å². The van der Waals surface area contributed by atoms with Crippen LogP contribution >= 0.6 is 11.6 Å². The predicted molar refractivity (Wildman–Crippen MR) is 75.1 cm³/mol. The van der Waals surface area contributed by atoms with Crippen molar-refractivity contribution in [3.63, 3.8) is 0 Å². The molecule has 0 aliphatic carbocycles.